The van der Waals surface area contributed by atoms with Crippen molar-refractivity contribution in [2.75, 3.05) is 5.75 Å². The van der Waals surface area contributed by atoms with Crippen LogP contribution < -0.4 is 0 Å². The molecule has 0 saturated carbocycles. The van der Waals surface area contributed by atoms with Gasteiger partial charge in [0.05, 0.1) is 16.2 Å². The van der Waals surface area contributed by atoms with Gasteiger partial charge in [-0.05, 0) is 35.9 Å². The van der Waals surface area contributed by atoms with E-state index < -0.39 is 27.4 Å². The van der Waals surface area contributed by atoms with Crippen LogP contribution in [-0.4, -0.2) is 28.5 Å². The van der Waals surface area contributed by atoms with Gasteiger partial charge < -0.3 is 4.40 Å². The lowest BCUT2D eigenvalue weighted by molar-refractivity contribution is -0.137. The number of aromatic nitrogens is 3. The number of fused-ring (bicyclic) bond motifs is 1. The Bertz CT molecular complexity index is 1400. The number of hydrogen-bond donors (Lipinski definition) is 0. The van der Waals surface area contributed by atoms with Crippen molar-refractivity contribution in [3.63, 3.8) is 0 Å². The van der Waals surface area contributed by atoms with Gasteiger partial charge in [-0.3, -0.25) is 4.98 Å². The first-order chi connectivity index (χ1) is 14.6. The van der Waals surface area contributed by atoms with Crippen molar-refractivity contribution < 1.29 is 26.0 Å². The van der Waals surface area contributed by atoms with E-state index in [0.29, 0.717) is 11.1 Å². The van der Waals surface area contributed by atoms with E-state index in [1.165, 1.54) is 54.2 Å². The second kappa shape index (κ2) is 7.45. The fraction of sp³-hybridized carbons (Fsp3) is 0.143. The van der Waals surface area contributed by atoms with E-state index in [1.54, 1.807) is 6.07 Å². The standard InChI is InChI=1S/C21H15F4N3O2S/c1-2-31(29,30)18-9-14(13-4-3-5-16(22)8-13)11-26-20(18)17-12-28-7-6-15(21(23,24)25)10-19(28)27-17/h3-12H,2H2,1H3. The molecule has 0 saturated heterocycles. The quantitative estimate of drug-likeness (QED) is 0.411. The summed E-state index contributed by atoms with van der Waals surface area (Å²) in [5, 5.41) is 0. The minimum absolute atomic E-state index is 0.000628. The van der Waals surface area contributed by atoms with Gasteiger partial charge in [0, 0.05) is 24.2 Å². The molecule has 10 heteroatoms. The minimum Gasteiger partial charge on any atom is -0.306 e. The van der Waals surface area contributed by atoms with Crippen LogP contribution >= 0.6 is 0 Å². The molecule has 0 fully saturated rings. The molecule has 3 heterocycles. The molecule has 0 aliphatic heterocycles. The third-order valence-electron chi connectivity index (χ3n) is 4.76. The maximum absolute atomic E-state index is 13.6. The summed E-state index contributed by atoms with van der Waals surface area (Å²) in [6.45, 7) is 1.47. The van der Waals surface area contributed by atoms with Crippen LogP contribution in [0.4, 0.5) is 17.6 Å². The predicted octanol–water partition coefficient (Wildman–Crippen LogP) is 5.01. The Morgan fingerprint density at radius 2 is 1.84 bits per heavy atom. The summed E-state index contributed by atoms with van der Waals surface area (Å²) >= 11 is 0. The van der Waals surface area contributed by atoms with Crippen LogP contribution in [0.25, 0.3) is 28.2 Å². The summed E-state index contributed by atoms with van der Waals surface area (Å²) in [6.07, 6.45) is -0.544. The lowest BCUT2D eigenvalue weighted by Crippen LogP contribution is -2.07. The fourth-order valence-electron chi connectivity index (χ4n) is 3.13. The Balaban J connectivity index is 1.90. The minimum atomic E-state index is -4.53. The molecule has 5 nitrogen and oxygen atoms in total. The maximum Gasteiger partial charge on any atom is 0.416 e. The number of imidazole rings is 1. The topological polar surface area (TPSA) is 64.3 Å². The Hall–Kier alpha value is -3.27. The molecule has 4 aromatic rings. The highest BCUT2D eigenvalue weighted by Crippen LogP contribution is 2.33. The average Bonchev–Trinajstić information content (AvgIpc) is 3.16. The summed E-state index contributed by atoms with van der Waals surface area (Å²) in [5.74, 6) is -0.706. The number of pyridine rings is 2. The smallest absolute Gasteiger partial charge is 0.306 e. The third-order valence-corrected chi connectivity index (χ3v) is 6.50. The van der Waals surface area contributed by atoms with Crippen molar-refractivity contribution in [2.24, 2.45) is 0 Å². The molecule has 0 N–H and O–H groups in total. The number of sulfone groups is 1. The molecule has 0 aliphatic carbocycles. The molecule has 0 bridgehead atoms. The Morgan fingerprint density at radius 3 is 2.52 bits per heavy atom. The van der Waals surface area contributed by atoms with Crippen molar-refractivity contribution in [1.82, 2.24) is 14.4 Å². The van der Waals surface area contributed by atoms with Crippen LogP contribution in [0.2, 0.25) is 0 Å². The SMILES string of the molecule is CCS(=O)(=O)c1cc(-c2cccc(F)c2)cnc1-c1cn2ccc(C(F)(F)F)cc2n1. The van der Waals surface area contributed by atoms with Gasteiger partial charge in [0.15, 0.2) is 9.84 Å². The highest BCUT2D eigenvalue weighted by Gasteiger charge is 2.31. The second-order valence-electron chi connectivity index (χ2n) is 6.79. The number of halogens is 4. The zero-order chi connectivity index (χ0) is 22.4. The molecule has 0 aliphatic rings. The Morgan fingerprint density at radius 1 is 1.06 bits per heavy atom. The number of benzene rings is 1. The van der Waals surface area contributed by atoms with E-state index in [4.69, 9.17) is 0 Å². The Labute approximate surface area is 174 Å². The lowest BCUT2D eigenvalue weighted by Gasteiger charge is -2.10. The molecule has 0 radical (unpaired) electrons. The molecule has 0 atom stereocenters. The molecular formula is C21H15F4N3O2S. The number of rotatable bonds is 4. The highest BCUT2D eigenvalue weighted by atomic mass is 32.2. The van der Waals surface area contributed by atoms with Crippen molar-refractivity contribution in [1.29, 1.82) is 0 Å². The monoisotopic (exact) mass is 449 g/mol. The van der Waals surface area contributed by atoms with E-state index in [-0.39, 0.29) is 27.7 Å². The zero-order valence-electron chi connectivity index (χ0n) is 16.1. The summed E-state index contributed by atoms with van der Waals surface area (Å²) in [4.78, 5) is 8.27. The third kappa shape index (κ3) is 4.02. The molecule has 0 spiro atoms. The molecule has 4 rings (SSSR count). The van der Waals surface area contributed by atoms with Crippen molar-refractivity contribution in [2.45, 2.75) is 18.0 Å². The van der Waals surface area contributed by atoms with Crippen LogP contribution in [-0.2, 0) is 16.0 Å². The van der Waals surface area contributed by atoms with Gasteiger partial charge >= 0.3 is 6.18 Å². The molecule has 0 unspecified atom stereocenters. The van der Waals surface area contributed by atoms with Gasteiger partial charge in [-0.25, -0.2) is 17.8 Å². The molecular weight excluding hydrogens is 434 g/mol. The first-order valence-electron chi connectivity index (χ1n) is 9.13. The van der Waals surface area contributed by atoms with Crippen LogP contribution in [0.1, 0.15) is 12.5 Å². The number of nitrogens with zero attached hydrogens (tertiary/aromatic N) is 3. The predicted molar refractivity (Wildman–Crippen MR) is 107 cm³/mol. The van der Waals surface area contributed by atoms with Gasteiger partial charge in [0.25, 0.3) is 0 Å². The van der Waals surface area contributed by atoms with Gasteiger partial charge in [-0.15, -0.1) is 0 Å². The molecule has 160 valence electrons. The first kappa shape index (κ1) is 21.0. The number of hydrogen-bond acceptors (Lipinski definition) is 4. The summed E-state index contributed by atoms with van der Waals surface area (Å²) in [7, 11) is -3.77. The van der Waals surface area contributed by atoms with Crippen molar-refractivity contribution in [3.05, 3.63) is 72.4 Å². The van der Waals surface area contributed by atoms with E-state index in [1.807, 2.05) is 0 Å². The molecule has 0 amide bonds. The van der Waals surface area contributed by atoms with Crippen LogP contribution in [0.5, 0.6) is 0 Å². The van der Waals surface area contributed by atoms with Gasteiger partial charge in [-0.1, -0.05) is 19.1 Å². The summed E-state index contributed by atoms with van der Waals surface area (Å²) in [5.41, 5.74) is 0.0832. The summed E-state index contributed by atoms with van der Waals surface area (Å²) < 4.78 is 79.4. The van der Waals surface area contributed by atoms with Crippen LogP contribution in [0.15, 0.2) is 66.0 Å². The maximum atomic E-state index is 13.6. The van der Waals surface area contributed by atoms with E-state index >= 15 is 0 Å². The Kier molecular flexibility index (Phi) is 5.04. The molecule has 3 aromatic heterocycles. The van der Waals surface area contributed by atoms with E-state index in [2.05, 4.69) is 9.97 Å². The van der Waals surface area contributed by atoms with E-state index in [0.717, 1.165) is 12.1 Å². The van der Waals surface area contributed by atoms with Gasteiger partial charge in [0.1, 0.15) is 22.9 Å². The average molecular weight is 449 g/mol. The lowest BCUT2D eigenvalue weighted by atomic mass is 10.1. The normalized spacial score (nSPS) is 12.4. The van der Waals surface area contributed by atoms with Crippen LogP contribution in [0, 0.1) is 5.82 Å². The highest BCUT2D eigenvalue weighted by molar-refractivity contribution is 7.91. The zero-order valence-corrected chi connectivity index (χ0v) is 16.9. The van der Waals surface area contributed by atoms with Crippen molar-refractivity contribution >= 4 is 15.5 Å². The van der Waals surface area contributed by atoms with E-state index in [9.17, 15) is 26.0 Å². The molecule has 31 heavy (non-hydrogen) atoms. The second-order valence-corrected chi connectivity index (χ2v) is 9.04. The fourth-order valence-corrected chi connectivity index (χ4v) is 4.20. The van der Waals surface area contributed by atoms with Gasteiger partial charge in [0.2, 0.25) is 0 Å². The largest absolute Gasteiger partial charge is 0.416 e. The van der Waals surface area contributed by atoms with Gasteiger partial charge in [-0.2, -0.15) is 13.2 Å². The van der Waals surface area contributed by atoms with Crippen molar-refractivity contribution in [3.8, 4) is 22.5 Å². The van der Waals surface area contributed by atoms with Crippen LogP contribution in [0.3, 0.4) is 0 Å². The number of alkyl halides is 3. The molecule has 1 aromatic carbocycles. The summed E-state index contributed by atoms with van der Waals surface area (Å²) in [6, 6.07) is 8.78. The first-order valence-corrected chi connectivity index (χ1v) is 10.8.